The number of halogens is 3. The van der Waals surface area contributed by atoms with Gasteiger partial charge in [0.15, 0.2) is 11.6 Å². The fourth-order valence-corrected chi connectivity index (χ4v) is 2.62. The summed E-state index contributed by atoms with van der Waals surface area (Å²) >= 11 is 3.12. The van der Waals surface area contributed by atoms with E-state index in [0.29, 0.717) is 17.6 Å². The Bertz CT molecular complexity index is 418. The molecule has 1 aliphatic rings. The second kappa shape index (κ2) is 4.32. The Hall–Kier alpha value is -0.640. The minimum Gasteiger partial charge on any atom is -0.381 e. The molecule has 2 rings (SSSR count). The van der Waals surface area contributed by atoms with Crippen molar-refractivity contribution in [1.29, 1.82) is 0 Å². The lowest BCUT2D eigenvalue weighted by Crippen LogP contribution is -2.30. The number of hydrogen-bond acceptors (Lipinski definition) is 1. The molecule has 1 unspecified atom stereocenters. The normalized spacial score (nSPS) is 19.5. The van der Waals surface area contributed by atoms with Crippen LogP contribution in [0.2, 0.25) is 0 Å². The molecule has 0 fully saturated rings. The summed E-state index contributed by atoms with van der Waals surface area (Å²) in [6.45, 7) is 4.24. The average molecular weight is 290 g/mol. The van der Waals surface area contributed by atoms with Gasteiger partial charge in [-0.25, -0.2) is 8.78 Å². The van der Waals surface area contributed by atoms with Crippen LogP contribution in [0.3, 0.4) is 0 Å². The molecule has 1 atom stereocenters. The van der Waals surface area contributed by atoms with Gasteiger partial charge in [-0.15, -0.1) is 0 Å². The summed E-state index contributed by atoms with van der Waals surface area (Å²) in [6.07, 6.45) is 1.75. The van der Waals surface area contributed by atoms with Crippen LogP contribution >= 0.6 is 15.9 Å². The maximum absolute atomic E-state index is 13.4. The lowest BCUT2D eigenvalue weighted by Gasteiger charge is -2.30. The standard InChI is InChI=1S/C12H14BrF2N/c1-6(2)9-4-3-7-5-8(14)11(15)10(13)12(7)16-9/h5-6,9,16H,3-4H2,1-2H3. The average Bonchev–Trinajstić information content (AvgIpc) is 2.25. The van der Waals surface area contributed by atoms with E-state index in [1.807, 2.05) is 0 Å². The van der Waals surface area contributed by atoms with E-state index < -0.39 is 11.6 Å². The minimum absolute atomic E-state index is 0.216. The highest BCUT2D eigenvalue weighted by atomic mass is 79.9. The third-order valence-corrected chi connectivity index (χ3v) is 3.85. The summed E-state index contributed by atoms with van der Waals surface area (Å²) in [4.78, 5) is 0. The summed E-state index contributed by atoms with van der Waals surface area (Å²) in [7, 11) is 0. The van der Waals surface area contributed by atoms with Gasteiger partial charge in [0.05, 0.1) is 10.2 Å². The van der Waals surface area contributed by atoms with Crippen molar-refractivity contribution in [3.63, 3.8) is 0 Å². The largest absolute Gasteiger partial charge is 0.381 e. The summed E-state index contributed by atoms with van der Waals surface area (Å²) in [5.41, 5.74) is 1.56. The molecule has 0 saturated heterocycles. The van der Waals surface area contributed by atoms with E-state index in [4.69, 9.17) is 0 Å². The van der Waals surface area contributed by atoms with Gasteiger partial charge >= 0.3 is 0 Å². The first-order valence-corrected chi connectivity index (χ1v) is 6.23. The molecule has 0 bridgehead atoms. The molecule has 1 aromatic carbocycles. The van der Waals surface area contributed by atoms with Gasteiger partial charge in [-0.1, -0.05) is 13.8 Å². The monoisotopic (exact) mass is 289 g/mol. The highest BCUT2D eigenvalue weighted by Crippen LogP contribution is 2.36. The van der Waals surface area contributed by atoms with E-state index in [9.17, 15) is 8.78 Å². The SMILES string of the molecule is CC(C)C1CCc2cc(F)c(F)c(Br)c2N1. The molecule has 0 aromatic heterocycles. The molecule has 88 valence electrons. The molecule has 1 aliphatic heterocycles. The van der Waals surface area contributed by atoms with Crippen LogP contribution in [0.5, 0.6) is 0 Å². The van der Waals surface area contributed by atoms with Gasteiger partial charge in [-0.05, 0) is 46.3 Å². The van der Waals surface area contributed by atoms with Crippen molar-refractivity contribution in [2.24, 2.45) is 5.92 Å². The van der Waals surface area contributed by atoms with Crippen molar-refractivity contribution >= 4 is 21.6 Å². The van der Waals surface area contributed by atoms with Crippen molar-refractivity contribution < 1.29 is 8.78 Å². The second-order valence-corrected chi connectivity index (χ2v) is 5.35. The van der Waals surface area contributed by atoms with Gasteiger partial charge in [-0.3, -0.25) is 0 Å². The van der Waals surface area contributed by atoms with Crippen LogP contribution in [0.25, 0.3) is 0 Å². The van der Waals surface area contributed by atoms with Gasteiger partial charge in [-0.2, -0.15) is 0 Å². The van der Waals surface area contributed by atoms with E-state index in [2.05, 4.69) is 35.1 Å². The maximum atomic E-state index is 13.4. The fourth-order valence-electron chi connectivity index (χ4n) is 2.07. The van der Waals surface area contributed by atoms with Crippen LogP contribution < -0.4 is 5.32 Å². The molecule has 4 heteroatoms. The Morgan fingerprint density at radius 2 is 2.12 bits per heavy atom. The lowest BCUT2D eigenvalue weighted by atomic mass is 9.91. The van der Waals surface area contributed by atoms with Crippen molar-refractivity contribution in [2.75, 3.05) is 5.32 Å². The Balaban J connectivity index is 2.41. The first-order chi connectivity index (χ1) is 7.50. The molecular formula is C12H14BrF2N. The van der Waals surface area contributed by atoms with Crippen molar-refractivity contribution in [3.05, 3.63) is 27.7 Å². The first-order valence-electron chi connectivity index (χ1n) is 5.43. The van der Waals surface area contributed by atoms with Crippen LogP contribution in [-0.4, -0.2) is 6.04 Å². The molecule has 0 spiro atoms. The Morgan fingerprint density at radius 3 is 2.75 bits per heavy atom. The molecule has 1 heterocycles. The summed E-state index contributed by atoms with van der Waals surface area (Å²) in [6, 6.07) is 1.62. The van der Waals surface area contributed by atoms with Crippen molar-refractivity contribution in [1.82, 2.24) is 0 Å². The van der Waals surface area contributed by atoms with E-state index in [-0.39, 0.29) is 4.47 Å². The van der Waals surface area contributed by atoms with Gasteiger partial charge < -0.3 is 5.32 Å². The van der Waals surface area contributed by atoms with Gasteiger partial charge in [0, 0.05) is 6.04 Å². The predicted molar refractivity (Wildman–Crippen MR) is 64.6 cm³/mol. The van der Waals surface area contributed by atoms with E-state index in [1.165, 1.54) is 6.07 Å². The topological polar surface area (TPSA) is 12.0 Å². The van der Waals surface area contributed by atoms with Crippen LogP contribution in [0.1, 0.15) is 25.8 Å². The number of hydrogen-bond donors (Lipinski definition) is 1. The molecule has 16 heavy (non-hydrogen) atoms. The fraction of sp³-hybridized carbons (Fsp3) is 0.500. The third kappa shape index (κ3) is 1.95. The highest BCUT2D eigenvalue weighted by molar-refractivity contribution is 9.10. The lowest BCUT2D eigenvalue weighted by molar-refractivity contribution is 0.471. The third-order valence-electron chi connectivity index (χ3n) is 3.10. The van der Waals surface area contributed by atoms with Gasteiger partial charge in [0.1, 0.15) is 0 Å². The number of benzene rings is 1. The molecule has 1 nitrogen and oxygen atoms in total. The van der Waals surface area contributed by atoms with E-state index in [0.717, 1.165) is 18.4 Å². The van der Waals surface area contributed by atoms with Crippen molar-refractivity contribution in [2.45, 2.75) is 32.7 Å². The number of nitrogens with one attached hydrogen (secondary N) is 1. The molecule has 1 aromatic rings. The van der Waals surface area contributed by atoms with E-state index >= 15 is 0 Å². The van der Waals surface area contributed by atoms with Crippen LogP contribution in [0, 0.1) is 17.6 Å². The molecular weight excluding hydrogens is 276 g/mol. The predicted octanol–water partition coefficient (Wildman–Crippen LogP) is 4.11. The first kappa shape index (κ1) is 11.8. The summed E-state index contributed by atoms with van der Waals surface area (Å²) in [5.74, 6) is -1.11. The molecule has 0 aliphatic carbocycles. The minimum atomic E-state index is -0.810. The molecule has 0 radical (unpaired) electrons. The summed E-state index contributed by atoms with van der Waals surface area (Å²) in [5, 5.41) is 3.28. The van der Waals surface area contributed by atoms with Crippen LogP contribution in [0.15, 0.2) is 10.5 Å². The maximum Gasteiger partial charge on any atom is 0.175 e. The quantitative estimate of drug-likeness (QED) is 0.767. The molecule has 1 N–H and O–H groups in total. The smallest absolute Gasteiger partial charge is 0.175 e. The van der Waals surface area contributed by atoms with Gasteiger partial charge in [0.2, 0.25) is 0 Å². The zero-order valence-corrected chi connectivity index (χ0v) is 10.9. The van der Waals surface area contributed by atoms with Gasteiger partial charge in [0.25, 0.3) is 0 Å². The zero-order chi connectivity index (χ0) is 11.9. The second-order valence-electron chi connectivity index (χ2n) is 4.55. The molecule has 0 saturated carbocycles. The number of fused-ring (bicyclic) bond motifs is 1. The van der Waals surface area contributed by atoms with Crippen molar-refractivity contribution in [3.8, 4) is 0 Å². The zero-order valence-electron chi connectivity index (χ0n) is 9.28. The van der Waals surface area contributed by atoms with Crippen LogP contribution in [0.4, 0.5) is 14.5 Å². The summed E-state index contributed by atoms with van der Waals surface area (Å²) < 4.78 is 26.8. The Kier molecular flexibility index (Phi) is 3.19. The molecule has 0 amide bonds. The number of anilines is 1. The Labute approximate surface area is 102 Å². The Morgan fingerprint density at radius 1 is 1.44 bits per heavy atom. The highest BCUT2D eigenvalue weighted by Gasteiger charge is 2.25. The van der Waals surface area contributed by atoms with E-state index in [1.54, 1.807) is 0 Å². The number of aryl methyl sites for hydroxylation is 1. The number of rotatable bonds is 1. The van der Waals surface area contributed by atoms with Crippen LogP contribution in [-0.2, 0) is 6.42 Å².